The van der Waals surface area contributed by atoms with Crippen molar-refractivity contribution in [3.63, 3.8) is 0 Å². The molecule has 0 spiro atoms. The Hall–Kier alpha value is -0.0800. The fourth-order valence-electron chi connectivity index (χ4n) is 2.81. The SMILES string of the molecule is CNC(C)(C)CN1C2CCC1CC2. The Kier molecular flexibility index (Phi) is 2.37. The average molecular weight is 182 g/mol. The molecule has 0 aromatic carbocycles. The molecule has 2 aliphatic rings. The van der Waals surface area contributed by atoms with Crippen LogP contribution in [0.5, 0.6) is 0 Å². The molecule has 2 fully saturated rings. The van der Waals surface area contributed by atoms with E-state index in [-0.39, 0.29) is 5.54 Å². The Morgan fingerprint density at radius 1 is 1.15 bits per heavy atom. The van der Waals surface area contributed by atoms with Gasteiger partial charge in [0.15, 0.2) is 0 Å². The lowest BCUT2D eigenvalue weighted by Crippen LogP contribution is -2.48. The first-order valence-corrected chi connectivity index (χ1v) is 5.57. The average Bonchev–Trinajstić information content (AvgIpc) is 2.65. The third-order valence-corrected chi connectivity index (χ3v) is 3.86. The molecule has 13 heavy (non-hydrogen) atoms. The molecule has 2 bridgehead atoms. The molecule has 2 rings (SSSR count). The van der Waals surface area contributed by atoms with Crippen molar-refractivity contribution >= 4 is 0 Å². The molecule has 2 saturated heterocycles. The molecular weight excluding hydrogens is 160 g/mol. The van der Waals surface area contributed by atoms with Gasteiger partial charge >= 0.3 is 0 Å². The maximum Gasteiger partial charge on any atom is 0.0249 e. The van der Waals surface area contributed by atoms with Crippen molar-refractivity contribution in [3.05, 3.63) is 0 Å². The van der Waals surface area contributed by atoms with Gasteiger partial charge in [0.25, 0.3) is 0 Å². The van der Waals surface area contributed by atoms with E-state index in [4.69, 9.17) is 0 Å². The highest BCUT2D eigenvalue weighted by atomic mass is 15.3. The second-order valence-corrected chi connectivity index (χ2v) is 5.27. The van der Waals surface area contributed by atoms with Gasteiger partial charge in [0.05, 0.1) is 0 Å². The Morgan fingerprint density at radius 2 is 1.62 bits per heavy atom. The predicted octanol–water partition coefficient (Wildman–Crippen LogP) is 1.61. The summed E-state index contributed by atoms with van der Waals surface area (Å²) >= 11 is 0. The predicted molar refractivity (Wildman–Crippen MR) is 55.9 cm³/mol. The van der Waals surface area contributed by atoms with Crippen molar-refractivity contribution in [2.24, 2.45) is 0 Å². The molecule has 0 aliphatic carbocycles. The normalized spacial score (nSPS) is 34.4. The topological polar surface area (TPSA) is 15.3 Å². The summed E-state index contributed by atoms with van der Waals surface area (Å²) < 4.78 is 0. The molecule has 0 unspecified atom stereocenters. The van der Waals surface area contributed by atoms with Crippen LogP contribution < -0.4 is 5.32 Å². The zero-order valence-electron chi connectivity index (χ0n) is 9.14. The number of fused-ring (bicyclic) bond motifs is 2. The summed E-state index contributed by atoms with van der Waals surface area (Å²) in [5, 5.41) is 3.40. The van der Waals surface area contributed by atoms with E-state index in [1.165, 1.54) is 32.2 Å². The van der Waals surface area contributed by atoms with Crippen LogP contribution in [0.4, 0.5) is 0 Å². The molecule has 2 aliphatic heterocycles. The van der Waals surface area contributed by atoms with Gasteiger partial charge in [-0.1, -0.05) is 0 Å². The number of hydrogen-bond donors (Lipinski definition) is 1. The van der Waals surface area contributed by atoms with Crippen LogP contribution in [0, 0.1) is 0 Å². The van der Waals surface area contributed by atoms with Crippen LogP contribution in [0.1, 0.15) is 39.5 Å². The minimum Gasteiger partial charge on any atom is -0.314 e. The van der Waals surface area contributed by atoms with Gasteiger partial charge in [0, 0.05) is 24.2 Å². The molecular formula is C11H22N2. The van der Waals surface area contributed by atoms with Gasteiger partial charge in [0.2, 0.25) is 0 Å². The van der Waals surface area contributed by atoms with Gasteiger partial charge in [-0.3, -0.25) is 4.90 Å². The van der Waals surface area contributed by atoms with Crippen LogP contribution in [-0.4, -0.2) is 36.1 Å². The number of likely N-dealkylation sites (N-methyl/N-ethyl adjacent to an activating group) is 1. The second-order valence-electron chi connectivity index (χ2n) is 5.27. The molecule has 2 heteroatoms. The highest BCUT2D eigenvalue weighted by Crippen LogP contribution is 2.37. The zero-order valence-corrected chi connectivity index (χ0v) is 9.14. The van der Waals surface area contributed by atoms with Crippen LogP contribution in [0.15, 0.2) is 0 Å². The van der Waals surface area contributed by atoms with Crippen LogP contribution in [0.25, 0.3) is 0 Å². The van der Waals surface area contributed by atoms with Gasteiger partial charge in [-0.25, -0.2) is 0 Å². The lowest BCUT2D eigenvalue weighted by molar-refractivity contribution is 0.189. The number of hydrogen-bond acceptors (Lipinski definition) is 2. The minimum absolute atomic E-state index is 0.283. The van der Waals surface area contributed by atoms with Crippen LogP contribution in [0.3, 0.4) is 0 Å². The van der Waals surface area contributed by atoms with Gasteiger partial charge in [0.1, 0.15) is 0 Å². The van der Waals surface area contributed by atoms with E-state index in [9.17, 15) is 0 Å². The number of nitrogens with zero attached hydrogens (tertiary/aromatic N) is 1. The van der Waals surface area contributed by atoms with Crippen LogP contribution in [0.2, 0.25) is 0 Å². The van der Waals surface area contributed by atoms with Gasteiger partial charge in [-0.2, -0.15) is 0 Å². The second kappa shape index (κ2) is 3.25. The molecule has 0 aromatic rings. The first-order valence-electron chi connectivity index (χ1n) is 5.57. The van der Waals surface area contributed by atoms with Crippen molar-refractivity contribution < 1.29 is 0 Å². The molecule has 0 saturated carbocycles. The Balaban J connectivity index is 1.95. The summed E-state index contributed by atoms with van der Waals surface area (Å²) in [6.45, 7) is 5.81. The number of rotatable bonds is 3. The van der Waals surface area contributed by atoms with Crippen molar-refractivity contribution in [2.75, 3.05) is 13.6 Å². The van der Waals surface area contributed by atoms with Crippen LogP contribution in [-0.2, 0) is 0 Å². The van der Waals surface area contributed by atoms with E-state index < -0.39 is 0 Å². The smallest absolute Gasteiger partial charge is 0.0249 e. The lowest BCUT2D eigenvalue weighted by Gasteiger charge is -2.32. The van der Waals surface area contributed by atoms with Crippen molar-refractivity contribution in [1.82, 2.24) is 10.2 Å². The molecule has 2 heterocycles. The molecule has 1 N–H and O–H groups in total. The Bertz CT molecular complexity index is 169. The van der Waals surface area contributed by atoms with Crippen molar-refractivity contribution in [1.29, 1.82) is 0 Å². The quantitative estimate of drug-likeness (QED) is 0.713. The summed E-state index contributed by atoms with van der Waals surface area (Å²) in [4.78, 5) is 2.73. The van der Waals surface area contributed by atoms with E-state index in [2.05, 4.69) is 31.1 Å². The van der Waals surface area contributed by atoms with E-state index in [0.717, 1.165) is 12.1 Å². The summed E-state index contributed by atoms with van der Waals surface area (Å²) in [6, 6.07) is 1.83. The number of nitrogens with one attached hydrogen (secondary N) is 1. The maximum atomic E-state index is 3.40. The molecule has 0 amide bonds. The molecule has 76 valence electrons. The highest BCUT2D eigenvalue weighted by Gasteiger charge is 2.40. The summed E-state index contributed by atoms with van der Waals surface area (Å²) in [5.41, 5.74) is 0.283. The van der Waals surface area contributed by atoms with Gasteiger partial charge < -0.3 is 5.32 Å². The van der Waals surface area contributed by atoms with Crippen molar-refractivity contribution in [2.45, 2.75) is 57.2 Å². The Labute approximate surface area is 81.7 Å². The first-order chi connectivity index (χ1) is 6.12. The van der Waals surface area contributed by atoms with E-state index in [0.29, 0.717) is 0 Å². The highest BCUT2D eigenvalue weighted by molar-refractivity contribution is 4.97. The van der Waals surface area contributed by atoms with Crippen LogP contribution >= 0.6 is 0 Å². The third kappa shape index (κ3) is 1.75. The van der Waals surface area contributed by atoms with Crippen molar-refractivity contribution in [3.8, 4) is 0 Å². The summed E-state index contributed by atoms with van der Waals surface area (Å²) in [6.07, 6.45) is 5.80. The third-order valence-electron chi connectivity index (χ3n) is 3.86. The lowest BCUT2D eigenvalue weighted by atomic mass is 10.0. The molecule has 0 radical (unpaired) electrons. The van der Waals surface area contributed by atoms with Gasteiger partial charge in [-0.05, 0) is 46.6 Å². The molecule has 2 nitrogen and oxygen atoms in total. The van der Waals surface area contributed by atoms with E-state index >= 15 is 0 Å². The molecule has 0 aromatic heterocycles. The van der Waals surface area contributed by atoms with Gasteiger partial charge in [-0.15, -0.1) is 0 Å². The summed E-state index contributed by atoms with van der Waals surface area (Å²) in [7, 11) is 2.07. The maximum absolute atomic E-state index is 3.40. The fraction of sp³-hybridized carbons (Fsp3) is 1.00. The monoisotopic (exact) mass is 182 g/mol. The summed E-state index contributed by atoms with van der Waals surface area (Å²) in [5.74, 6) is 0. The fourth-order valence-corrected chi connectivity index (χ4v) is 2.81. The Morgan fingerprint density at radius 3 is 2.00 bits per heavy atom. The zero-order chi connectivity index (χ0) is 9.47. The standard InChI is InChI=1S/C11H22N2/c1-11(2,12-3)8-13-9-4-5-10(13)7-6-9/h9-10,12H,4-8H2,1-3H3. The first kappa shape index (κ1) is 9.47. The minimum atomic E-state index is 0.283. The largest absolute Gasteiger partial charge is 0.314 e. The van der Waals surface area contributed by atoms with E-state index in [1.54, 1.807) is 0 Å². The molecule has 0 atom stereocenters. The van der Waals surface area contributed by atoms with E-state index in [1.807, 2.05) is 0 Å².